The molecular formula is C14H23N3O. The van der Waals surface area contributed by atoms with E-state index in [0.29, 0.717) is 24.0 Å². The van der Waals surface area contributed by atoms with E-state index in [1.54, 1.807) is 6.07 Å². The summed E-state index contributed by atoms with van der Waals surface area (Å²) >= 11 is 0. The van der Waals surface area contributed by atoms with Gasteiger partial charge in [0.05, 0.1) is 17.9 Å². The summed E-state index contributed by atoms with van der Waals surface area (Å²) in [6.45, 7) is 4.66. The number of amides is 1. The number of rotatable bonds is 6. The number of benzene rings is 1. The Kier molecular flexibility index (Phi) is 5.65. The molecular weight excluding hydrogens is 226 g/mol. The topological polar surface area (TPSA) is 58.4 Å². The Morgan fingerprint density at radius 2 is 1.94 bits per heavy atom. The van der Waals surface area contributed by atoms with Crippen molar-refractivity contribution in [2.24, 2.45) is 0 Å². The van der Waals surface area contributed by atoms with Crippen LogP contribution in [0.4, 0.5) is 11.4 Å². The molecule has 0 fully saturated rings. The van der Waals surface area contributed by atoms with Crippen LogP contribution in [0, 0.1) is 0 Å². The van der Waals surface area contributed by atoms with Crippen LogP contribution >= 0.6 is 0 Å². The van der Waals surface area contributed by atoms with Crippen molar-refractivity contribution >= 4 is 17.3 Å². The van der Waals surface area contributed by atoms with Crippen LogP contribution in [0.15, 0.2) is 24.3 Å². The third kappa shape index (κ3) is 4.04. The molecule has 0 aromatic heterocycles. The van der Waals surface area contributed by atoms with E-state index in [9.17, 15) is 4.79 Å². The van der Waals surface area contributed by atoms with Gasteiger partial charge in [-0.05, 0) is 32.0 Å². The number of hydrogen-bond donors (Lipinski definition) is 2. The zero-order valence-electron chi connectivity index (χ0n) is 11.4. The Balaban J connectivity index is 2.54. The molecule has 0 aliphatic heterocycles. The molecule has 0 spiro atoms. The van der Waals surface area contributed by atoms with Gasteiger partial charge in [-0.2, -0.15) is 0 Å². The SMILES string of the molecule is CCC(CC)N(C)CC(=O)Nc1ccccc1N. The third-order valence-electron chi connectivity index (χ3n) is 3.19. The summed E-state index contributed by atoms with van der Waals surface area (Å²) in [7, 11) is 1.98. The largest absolute Gasteiger partial charge is 0.397 e. The minimum absolute atomic E-state index is 0.0256. The van der Waals surface area contributed by atoms with E-state index in [0.717, 1.165) is 12.8 Å². The van der Waals surface area contributed by atoms with Gasteiger partial charge in [0.25, 0.3) is 0 Å². The van der Waals surface area contributed by atoms with E-state index < -0.39 is 0 Å². The number of para-hydroxylation sites is 2. The second-order valence-corrected chi connectivity index (χ2v) is 4.52. The number of carbonyl (C=O) groups is 1. The van der Waals surface area contributed by atoms with Crippen molar-refractivity contribution in [2.75, 3.05) is 24.6 Å². The van der Waals surface area contributed by atoms with Gasteiger partial charge in [-0.3, -0.25) is 9.69 Å². The standard InChI is InChI=1S/C14H23N3O/c1-4-11(5-2)17(3)10-14(18)16-13-9-7-6-8-12(13)15/h6-9,11H,4-5,10,15H2,1-3H3,(H,16,18). The van der Waals surface area contributed by atoms with Gasteiger partial charge in [0, 0.05) is 6.04 Å². The van der Waals surface area contributed by atoms with Gasteiger partial charge in [-0.15, -0.1) is 0 Å². The van der Waals surface area contributed by atoms with Crippen LogP contribution in [0.5, 0.6) is 0 Å². The average molecular weight is 249 g/mol. The molecule has 0 atom stereocenters. The summed E-state index contributed by atoms with van der Waals surface area (Å²) in [6, 6.07) is 7.74. The lowest BCUT2D eigenvalue weighted by molar-refractivity contribution is -0.117. The molecule has 1 aromatic carbocycles. The van der Waals surface area contributed by atoms with Crippen LogP contribution in [0.1, 0.15) is 26.7 Å². The normalized spacial score (nSPS) is 10.9. The highest BCUT2D eigenvalue weighted by molar-refractivity contribution is 5.95. The van der Waals surface area contributed by atoms with E-state index in [-0.39, 0.29) is 5.91 Å². The molecule has 0 aliphatic carbocycles. The molecule has 1 amide bonds. The molecule has 1 aromatic rings. The van der Waals surface area contributed by atoms with Crippen molar-refractivity contribution in [3.8, 4) is 0 Å². The van der Waals surface area contributed by atoms with Crippen LogP contribution in [-0.2, 0) is 4.79 Å². The number of carbonyl (C=O) groups excluding carboxylic acids is 1. The highest BCUT2D eigenvalue weighted by atomic mass is 16.2. The molecule has 0 saturated carbocycles. The summed E-state index contributed by atoms with van der Waals surface area (Å²) < 4.78 is 0. The van der Waals surface area contributed by atoms with E-state index in [1.165, 1.54) is 0 Å². The van der Waals surface area contributed by atoms with E-state index in [4.69, 9.17) is 5.73 Å². The van der Waals surface area contributed by atoms with Crippen LogP contribution < -0.4 is 11.1 Å². The molecule has 3 N–H and O–H groups in total. The Morgan fingerprint density at radius 1 is 1.33 bits per heavy atom. The predicted molar refractivity (Wildman–Crippen MR) is 76.5 cm³/mol. The molecule has 1 rings (SSSR count). The summed E-state index contributed by atoms with van der Waals surface area (Å²) in [4.78, 5) is 14.0. The summed E-state index contributed by atoms with van der Waals surface area (Å²) in [6.07, 6.45) is 2.10. The molecule has 0 unspecified atom stereocenters. The van der Waals surface area contributed by atoms with E-state index in [1.807, 2.05) is 25.2 Å². The minimum Gasteiger partial charge on any atom is -0.397 e. The Bertz CT molecular complexity index is 388. The maximum absolute atomic E-state index is 11.9. The van der Waals surface area contributed by atoms with Gasteiger partial charge in [0.2, 0.25) is 5.91 Å². The first-order chi connectivity index (χ1) is 8.58. The minimum atomic E-state index is -0.0256. The predicted octanol–water partition coefficient (Wildman–Crippen LogP) is 2.33. The number of likely N-dealkylation sites (N-methyl/N-ethyl adjacent to an activating group) is 1. The van der Waals surface area contributed by atoms with Crippen molar-refractivity contribution in [1.29, 1.82) is 0 Å². The summed E-state index contributed by atoms with van der Waals surface area (Å²) in [5.41, 5.74) is 7.06. The van der Waals surface area contributed by atoms with Crippen molar-refractivity contribution < 1.29 is 4.79 Å². The Morgan fingerprint density at radius 3 is 2.50 bits per heavy atom. The van der Waals surface area contributed by atoms with Crippen LogP contribution in [0.3, 0.4) is 0 Å². The Hall–Kier alpha value is -1.55. The van der Waals surface area contributed by atoms with Gasteiger partial charge in [-0.1, -0.05) is 26.0 Å². The fourth-order valence-electron chi connectivity index (χ4n) is 2.07. The molecule has 0 heterocycles. The van der Waals surface area contributed by atoms with Gasteiger partial charge < -0.3 is 11.1 Å². The highest BCUT2D eigenvalue weighted by Gasteiger charge is 2.14. The zero-order valence-corrected chi connectivity index (χ0v) is 11.4. The molecule has 0 saturated heterocycles. The lowest BCUT2D eigenvalue weighted by atomic mass is 10.1. The van der Waals surface area contributed by atoms with Crippen LogP contribution in [0.2, 0.25) is 0 Å². The second kappa shape index (κ2) is 7.01. The quantitative estimate of drug-likeness (QED) is 0.761. The first-order valence-corrected chi connectivity index (χ1v) is 6.43. The number of nitrogens with one attached hydrogen (secondary N) is 1. The van der Waals surface area contributed by atoms with Gasteiger partial charge in [0.15, 0.2) is 0 Å². The first kappa shape index (κ1) is 14.5. The molecule has 0 bridgehead atoms. The molecule has 0 aliphatic rings. The van der Waals surface area contributed by atoms with Crippen molar-refractivity contribution in [3.05, 3.63) is 24.3 Å². The Labute approximate surface area is 109 Å². The van der Waals surface area contributed by atoms with Crippen molar-refractivity contribution in [1.82, 2.24) is 4.90 Å². The fourth-order valence-corrected chi connectivity index (χ4v) is 2.07. The zero-order chi connectivity index (χ0) is 13.5. The monoisotopic (exact) mass is 249 g/mol. The lowest BCUT2D eigenvalue weighted by Crippen LogP contribution is -2.37. The highest BCUT2D eigenvalue weighted by Crippen LogP contribution is 2.16. The molecule has 100 valence electrons. The smallest absolute Gasteiger partial charge is 0.238 e. The number of nitrogen functional groups attached to an aromatic ring is 1. The lowest BCUT2D eigenvalue weighted by Gasteiger charge is -2.25. The van der Waals surface area contributed by atoms with Crippen LogP contribution in [0.25, 0.3) is 0 Å². The number of nitrogens with zero attached hydrogens (tertiary/aromatic N) is 1. The second-order valence-electron chi connectivity index (χ2n) is 4.52. The fraction of sp³-hybridized carbons (Fsp3) is 0.500. The maximum atomic E-state index is 11.9. The van der Waals surface area contributed by atoms with Gasteiger partial charge in [-0.25, -0.2) is 0 Å². The van der Waals surface area contributed by atoms with E-state index >= 15 is 0 Å². The summed E-state index contributed by atoms with van der Waals surface area (Å²) in [5.74, 6) is -0.0256. The molecule has 4 heteroatoms. The first-order valence-electron chi connectivity index (χ1n) is 6.43. The molecule has 0 radical (unpaired) electrons. The maximum Gasteiger partial charge on any atom is 0.238 e. The third-order valence-corrected chi connectivity index (χ3v) is 3.19. The van der Waals surface area contributed by atoms with E-state index in [2.05, 4.69) is 24.1 Å². The molecule has 18 heavy (non-hydrogen) atoms. The number of hydrogen-bond acceptors (Lipinski definition) is 3. The summed E-state index contributed by atoms with van der Waals surface area (Å²) in [5, 5.41) is 2.84. The van der Waals surface area contributed by atoms with Crippen molar-refractivity contribution in [3.63, 3.8) is 0 Å². The van der Waals surface area contributed by atoms with Gasteiger partial charge >= 0.3 is 0 Å². The average Bonchev–Trinajstić information content (AvgIpc) is 2.33. The van der Waals surface area contributed by atoms with Crippen LogP contribution in [-0.4, -0.2) is 30.4 Å². The number of anilines is 2. The van der Waals surface area contributed by atoms with Crippen molar-refractivity contribution in [2.45, 2.75) is 32.7 Å². The number of nitrogens with two attached hydrogens (primary N) is 1. The van der Waals surface area contributed by atoms with Gasteiger partial charge in [0.1, 0.15) is 0 Å². The molecule has 4 nitrogen and oxygen atoms in total.